The van der Waals surface area contributed by atoms with Crippen molar-refractivity contribution in [2.24, 2.45) is 5.73 Å². The zero-order valence-corrected chi connectivity index (χ0v) is 13.1. The molecule has 2 N–H and O–H groups in total. The molecule has 0 heterocycles. The van der Waals surface area contributed by atoms with Gasteiger partial charge in [-0.05, 0) is 47.9 Å². The van der Waals surface area contributed by atoms with Crippen LogP contribution in [0.3, 0.4) is 0 Å². The summed E-state index contributed by atoms with van der Waals surface area (Å²) in [5.41, 5.74) is 9.55. The first kappa shape index (κ1) is 14.4. The van der Waals surface area contributed by atoms with Crippen molar-refractivity contribution in [3.63, 3.8) is 0 Å². The minimum atomic E-state index is -0.205. The van der Waals surface area contributed by atoms with E-state index in [0.29, 0.717) is 10.8 Å². The summed E-state index contributed by atoms with van der Waals surface area (Å²) >= 11 is 9.51. The van der Waals surface area contributed by atoms with Gasteiger partial charge in [0, 0.05) is 4.47 Å². The summed E-state index contributed by atoms with van der Waals surface area (Å²) in [7, 11) is 1.60. The van der Waals surface area contributed by atoms with Gasteiger partial charge in [-0.25, -0.2) is 0 Å². The highest BCUT2D eigenvalue weighted by Gasteiger charge is 2.14. The van der Waals surface area contributed by atoms with Crippen molar-refractivity contribution >= 4 is 27.5 Å². The Bertz CT molecular complexity index is 601. The van der Waals surface area contributed by atoms with E-state index in [2.05, 4.69) is 22.9 Å². The predicted octanol–water partition coefficient (Wildman–Crippen LogP) is 4.47. The highest BCUT2D eigenvalue weighted by Crippen LogP contribution is 2.31. The van der Waals surface area contributed by atoms with Crippen LogP contribution < -0.4 is 10.5 Å². The van der Waals surface area contributed by atoms with Gasteiger partial charge in [-0.3, -0.25) is 0 Å². The van der Waals surface area contributed by atoms with E-state index in [1.165, 1.54) is 0 Å². The van der Waals surface area contributed by atoms with Gasteiger partial charge in [-0.15, -0.1) is 0 Å². The van der Waals surface area contributed by atoms with Gasteiger partial charge in [0.05, 0.1) is 18.2 Å². The molecule has 1 atom stereocenters. The second-order valence-electron chi connectivity index (χ2n) is 4.37. The van der Waals surface area contributed by atoms with E-state index in [-0.39, 0.29) is 6.04 Å². The Morgan fingerprint density at radius 2 is 1.95 bits per heavy atom. The van der Waals surface area contributed by atoms with Crippen molar-refractivity contribution in [2.45, 2.75) is 13.0 Å². The minimum absolute atomic E-state index is 0.205. The quantitative estimate of drug-likeness (QED) is 0.895. The fraction of sp³-hybridized carbons (Fsp3) is 0.200. The highest BCUT2D eigenvalue weighted by molar-refractivity contribution is 9.10. The van der Waals surface area contributed by atoms with Gasteiger partial charge in [0.2, 0.25) is 0 Å². The van der Waals surface area contributed by atoms with Crippen molar-refractivity contribution < 1.29 is 4.74 Å². The molecule has 4 heteroatoms. The molecule has 0 bridgehead atoms. The van der Waals surface area contributed by atoms with Crippen LogP contribution in [0.25, 0.3) is 0 Å². The fourth-order valence-corrected chi connectivity index (χ4v) is 2.57. The van der Waals surface area contributed by atoms with Gasteiger partial charge in [-0.1, -0.05) is 39.7 Å². The van der Waals surface area contributed by atoms with Crippen LogP contribution in [-0.4, -0.2) is 7.11 Å². The van der Waals surface area contributed by atoms with E-state index in [1.54, 1.807) is 7.11 Å². The number of ether oxygens (including phenoxy) is 1. The summed E-state index contributed by atoms with van der Waals surface area (Å²) in [4.78, 5) is 0. The first-order valence-corrected chi connectivity index (χ1v) is 7.05. The molecule has 0 saturated heterocycles. The standard InChI is InChI=1S/C15H15BrClNO/c1-9-3-5-11(16)8-12(9)15(18)10-4-6-13(17)14(7-10)19-2/h3-8,15H,18H2,1-2H3. The van der Waals surface area contributed by atoms with Gasteiger partial charge in [-0.2, -0.15) is 0 Å². The zero-order valence-electron chi connectivity index (χ0n) is 10.8. The number of nitrogens with two attached hydrogens (primary N) is 1. The molecule has 0 aliphatic carbocycles. The monoisotopic (exact) mass is 339 g/mol. The third kappa shape index (κ3) is 3.11. The lowest BCUT2D eigenvalue weighted by atomic mass is 9.96. The van der Waals surface area contributed by atoms with Gasteiger partial charge < -0.3 is 10.5 Å². The van der Waals surface area contributed by atoms with Crippen LogP contribution in [0.15, 0.2) is 40.9 Å². The lowest BCUT2D eigenvalue weighted by Gasteiger charge is -2.17. The lowest BCUT2D eigenvalue weighted by Crippen LogP contribution is -2.13. The van der Waals surface area contributed by atoms with Gasteiger partial charge in [0.1, 0.15) is 5.75 Å². The van der Waals surface area contributed by atoms with Crippen LogP contribution in [0.1, 0.15) is 22.7 Å². The van der Waals surface area contributed by atoms with E-state index in [9.17, 15) is 0 Å². The molecule has 0 spiro atoms. The maximum atomic E-state index is 6.34. The topological polar surface area (TPSA) is 35.2 Å². The smallest absolute Gasteiger partial charge is 0.137 e. The molecule has 100 valence electrons. The summed E-state index contributed by atoms with van der Waals surface area (Å²) < 4.78 is 6.25. The maximum absolute atomic E-state index is 6.34. The predicted molar refractivity (Wildman–Crippen MR) is 82.9 cm³/mol. The summed E-state index contributed by atoms with van der Waals surface area (Å²) in [6.45, 7) is 2.05. The summed E-state index contributed by atoms with van der Waals surface area (Å²) in [6.07, 6.45) is 0. The number of hydrogen-bond donors (Lipinski definition) is 1. The van der Waals surface area contributed by atoms with Crippen molar-refractivity contribution in [1.82, 2.24) is 0 Å². The molecule has 0 aliphatic heterocycles. The number of benzene rings is 2. The molecule has 0 amide bonds. The number of aryl methyl sites for hydroxylation is 1. The maximum Gasteiger partial charge on any atom is 0.137 e. The van der Waals surface area contributed by atoms with Crippen molar-refractivity contribution in [1.29, 1.82) is 0 Å². The van der Waals surface area contributed by atoms with Crippen molar-refractivity contribution in [3.8, 4) is 5.75 Å². The van der Waals surface area contributed by atoms with Gasteiger partial charge >= 0.3 is 0 Å². The molecule has 2 nitrogen and oxygen atoms in total. The van der Waals surface area contributed by atoms with Crippen LogP contribution in [0.5, 0.6) is 5.75 Å². The third-order valence-corrected chi connectivity index (χ3v) is 3.92. The second-order valence-corrected chi connectivity index (χ2v) is 5.70. The molecule has 0 radical (unpaired) electrons. The molecule has 2 aromatic carbocycles. The third-order valence-electron chi connectivity index (χ3n) is 3.11. The molecule has 2 aromatic rings. The number of hydrogen-bond acceptors (Lipinski definition) is 2. The van der Waals surface area contributed by atoms with E-state index < -0.39 is 0 Å². The highest BCUT2D eigenvalue weighted by atomic mass is 79.9. The Kier molecular flexibility index (Phi) is 4.50. The van der Waals surface area contributed by atoms with E-state index in [4.69, 9.17) is 22.1 Å². The van der Waals surface area contributed by atoms with Gasteiger partial charge in [0.15, 0.2) is 0 Å². The summed E-state index contributed by atoms with van der Waals surface area (Å²) in [5.74, 6) is 0.641. The number of halogens is 2. The Hall–Kier alpha value is -1.03. The molecule has 19 heavy (non-hydrogen) atoms. The molecule has 0 saturated carbocycles. The molecular formula is C15H15BrClNO. The van der Waals surface area contributed by atoms with Gasteiger partial charge in [0.25, 0.3) is 0 Å². The average molecular weight is 341 g/mol. The van der Waals surface area contributed by atoms with E-state index >= 15 is 0 Å². The largest absolute Gasteiger partial charge is 0.495 e. The number of rotatable bonds is 3. The van der Waals surface area contributed by atoms with Crippen molar-refractivity contribution in [2.75, 3.05) is 7.11 Å². The van der Waals surface area contributed by atoms with Crippen LogP contribution in [-0.2, 0) is 0 Å². The lowest BCUT2D eigenvalue weighted by molar-refractivity contribution is 0.414. The fourth-order valence-electron chi connectivity index (χ4n) is 2.00. The van der Waals surface area contributed by atoms with Crippen LogP contribution in [0.4, 0.5) is 0 Å². The average Bonchev–Trinajstić information content (AvgIpc) is 2.41. The number of methoxy groups -OCH3 is 1. The van der Waals surface area contributed by atoms with Crippen LogP contribution in [0, 0.1) is 6.92 Å². The van der Waals surface area contributed by atoms with Crippen LogP contribution >= 0.6 is 27.5 Å². The zero-order chi connectivity index (χ0) is 14.0. The van der Waals surface area contributed by atoms with E-state index in [1.807, 2.05) is 36.4 Å². The summed E-state index contributed by atoms with van der Waals surface area (Å²) in [5, 5.41) is 0.587. The first-order valence-electron chi connectivity index (χ1n) is 5.88. The molecule has 0 aliphatic rings. The first-order chi connectivity index (χ1) is 9.02. The second kappa shape index (κ2) is 5.95. The Morgan fingerprint density at radius 1 is 1.21 bits per heavy atom. The molecule has 1 unspecified atom stereocenters. The van der Waals surface area contributed by atoms with Crippen molar-refractivity contribution in [3.05, 3.63) is 62.6 Å². The molecule has 2 rings (SSSR count). The Labute approximate surface area is 126 Å². The van der Waals surface area contributed by atoms with E-state index in [0.717, 1.165) is 21.2 Å². The molecule has 0 aromatic heterocycles. The van der Waals surface area contributed by atoms with Crippen LogP contribution in [0.2, 0.25) is 5.02 Å². The Balaban J connectivity index is 2.43. The molecular weight excluding hydrogens is 326 g/mol. The normalized spacial score (nSPS) is 12.3. The SMILES string of the molecule is COc1cc(C(N)c2cc(Br)ccc2C)ccc1Cl. The Morgan fingerprint density at radius 3 is 2.63 bits per heavy atom. The molecule has 0 fully saturated rings. The minimum Gasteiger partial charge on any atom is -0.495 e. The summed E-state index contributed by atoms with van der Waals surface area (Å²) in [6, 6.07) is 11.5.